The van der Waals surface area contributed by atoms with Gasteiger partial charge in [-0.1, -0.05) is 41.9 Å². The molecule has 16 heteroatoms. The Balaban J connectivity index is 1.21. The summed E-state index contributed by atoms with van der Waals surface area (Å²) >= 11 is 6.08. The number of carbonyl (C=O) groups excluding carboxylic acids is 1. The lowest BCUT2D eigenvalue weighted by Crippen LogP contribution is -2.48. The number of methoxy groups -OCH3 is 1. The van der Waals surface area contributed by atoms with E-state index in [1.165, 1.54) is 13.3 Å². The smallest absolute Gasteiger partial charge is 0.420 e. The molecule has 2 amide bonds. The van der Waals surface area contributed by atoms with Gasteiger partial charge in [0.25, 0.3) is 0 Å². The molecule has 0 unspecified atom stereocenters. The third-order valence-electron chi connectivity index (χ3n) is 7.94. The predicted octanol–water partition coefficient (Wildman–Crippen LogP) is 6.54. The predicted molar refractivity (Wildman–Crippen MR) is 172 cm³/mol. The van der Waals surface area contributed by atoms with Gasteiger partial charge in [0.15, 0.2) is 0 Å². The highest BCUT2D eigenvalue weighted by Gasteiger charge is 2.37. The van der Waals surface area contributed by atoms with Crippen molar-refractivity contribution in [2.75, 3.05) is 17.3 Å². The Morgan fingerprint density at radius 2 is 1.77 bits per heavy atom. The first kappa shape index (κ1) is 32.6. The maximum atomic E-state index is 13.8. The molecule has 6 rings (SSSR count). The molecule has 4 heterocycles. The average molecular weight is 679 g/mol. The molecule has 1 aromatic carbocycles. The monoisotopic (exact) mass is 678 g/mol. The van der Waals surface area contributed by atoms with E-state index in [9.17, 15) is 18.0 Å². The van der Waals surface area contributed by atoms with Crippen LogP contribution in [0.2, 0.25) is 5.02 Å². The van der Waals surface area contributed by atoms with E-state index in [1.54, 1.807) is 29.6 Å². The number of urea groups is 1. The van der Waals surface area contributed by atoms with Gasteiger partial charge >= 0.3 is 18.2 Å². The summed E-state index contributed by atoms with van der Waals surface area (Å²) in [4.78, 5) is 36.5. The Morgan fingerprint density at radius 3 is 2.44 bits per heavy atom. The second-order valence-corrected chi connectivity index (χ2v) is 11.5. The molecule has 4 aromatic heterocycles. The van der Waals surface area contributed by atoms with Gasteiger partial charge in [0.1, 0.15) is 17.0 Å². The summed E-state index contributed by atoms with van der Waals surface area (Å²) in [6.07, 6.45) is 4.53. The first-order chi connectivity index (χ1) is 23.2. The van der Waals surface area contributed by atoms with Crippen molar-refractivity contribution in [1.82, 2.24) is 40.4 Å². The van der Waals surface area contributed by atoms with Crippen molar-refractivity contribution >= 4 is 29.3 Å². The summed E-state index contributed by atoms with van der Waals surface area (Å²) in [6.45, 7) is 0.338. The zero-order valence-corrected chi connectivity index (χ0v) is 26.3. The van der Waals surface area contributed by atoms with E-state index in [-0.39, 0.29) is 40.8 Å². The van der Waals surface area contributed by atoms with E-state index in [0.29, 0.717) is 49.2 Å². The number of alkyl halides is 3. The van der Waals surface area contributed by atoms with Gasteiger partial charge in [0.05, 0.1) is 17.8 Å². The maximum Gasteiger partial charge on any atom is 0.420 e. The van der Waals surface area contributed by atoms with E-state index in [2.05, 4.69) is 45.8 Å². The van der Waals surface area contributed by atoms with Gasteiger partial charge in [-0.05, 0) is 43.4 Å². The molecule has 0 radical (unpaired) electrons. The Hall–Kier alpha value is -5.31. The molecule has 0 atom stereocenters. The van der Waals surface area contributed by atoms with Crippen LogP contribution >= 0.6 is 11.6 Å². The third kappa shape index (κ3) is 7.46. The number of rotatable bonds is 9. The lowest BCUT2D eigenvalue weighted by molar-refractivity contribution is -0.137. The van der Waals surface area contributed by atoms with Crippen molar-refractivity contribution in [2.24, 2.45) is 0 Å². The number of H-pyrrole nitrogens is 1. The summed E-state index contributed by atoms with van der Waals surface area (Å²) in [6, 6.07) is 12.8. The summed E-state index contributed by atoms with van der Waals surface area (Å²) in [5, 5.41) is 12.5. The summed E-state index contributed by atoms with van der Waals surface area (Å²) in [5.74, 6) is 0.0264. The molecule has 0 saturated heterocycles. The van der Waals surface area contributed by atoms with Crippen molar-refractivity contribution in [3.8, 4) is 28.7 Å². The average Bonchev–Trinajstić information content (AvgIpc) is 3.54. The van der Waals surface area contributed by atoms with E-state index < -0.39 is 17.4 Å². The van der Waals surface area contributed by atoms with Gasteiger partial charge in [-0.15, -0.1) is 0 Å². The Labute approximate surface area is 278 Å². The zero-order valence-electron chi connectivity index (χ0n) is 25.6. The van der Waals surface area contributed by atoms with Crippen molar-refractivity contribution in [3.05, 3.63) is 89.6 Å². The van der Waals surface area contributed by atoms with Crippen LogP contribution in [-0.4, -0.2) is 60.3 Å². The van der Waals surface area contributed by atoms with Gasteiger partial charge in [-0.25, -0.2) is 24.7 Å². The molecule has 248 valence electrons. The van der Waals surface area contributed by atoms with Gasteiger partial charge in [0, 0.05) is 60.9 Å². The number of ether oxygens (including phenoxy) is 1. The molecule has 5 aromatic rings. The SMILES string of the molecule is COc1ncc(-c2cc(N(C(=O)NCc3ccccc3)[C@H]3CC[C@H](Nc4ncc(C(F)(F)F)c(-c5n[nH]cc5Cl)n4)CC3)ccn2)cn1. The fraction of sp³-hybridized carbons (Fsp3) is 0.281. The van der Waals surface area contributed by atoms with E-state index >= 15 is 0 Å². The number of anilines is 2. The third-order valence-corrected chi connectivity index (χ3v) is 8.23. The minimum absolute atomic E-state index is 0.00933. The highest BCUT2D eigenvalue weighted by molar-refractivity contribution is 6.32. The molecule has 1 aliphatic rings. The standard InChI is InChI=1S/C32H30ClF3N10O2/c1-48-30-39-15-20(16-40-30)26-13-23(11-12-37-26)46(31(47)41-14-19-5-3-2-4-6-19)22-9-7-21(8-10-22)43-29-38-17-24(32(34,35)36)27(44-29)28-25(33)18-42-45-28/h2-6,11-13,15-18,21-22H,7-10,14H2,1H3,(H,41,47)(H,42,45)(H,38,43,44)/t21-,22-. The first-order valence-electron chi connectivity index (χ1n) is 15.0. The summed E-state index contributed by atoms with van der Waals surface area (Å²) in [7, 11) is 1.48. The topological polar surface area (TPSA) is 147 Å². The highest BCUT2D eigenvalue weighted by atomic mass is 35.5. The van der Waals surface area contributed by atoms with Crippen LogP contribution in [0.3, 0.4) is 0 Å². The molecular weight excluding hydrogens is 649 g/mol. The normalized spacial score (nSPS) is 16.3. The number of aromatic nitrogens is 7. The number of hydrogen-bond donors (Lipinski definition) is 3. The van der Waals surface area contributed by atoms with Crippen LogP contribution in [-0.2, 0) is 12.7 Å². The van der Waals surface area contributed by atoms with E-state index in [1.807, 2.05) is 36.4 Å². The number of carbonyl (C=O) groups is 1. The van der Waals surface area contributed by atoms with E-state index in [0.717, 1.165) is 11.8 Å². The molecule has 3 N–H and O–H groups in total. The Morgan fingerprint density at radius 1 is 1.02 bits per heavy atom. The van der Waals surface area contributed by atoms with E-state index in [4.69, 9.17) is 16.3 Å². The quantitative estimate of drug-likeness (QED) is 0.158. The van der Waals surface area contributed by atoms with Gasteiger partial charge in [-0.3, -0.25) is 15.0 Å². The van der Waals surface area contributed by atoms with Crippen LogP contribution in [0.1, 0.15) is 36.8 Å². The van der Waals surface area contributed by atoms with Crippen molar-refractivity contribution < 1.29 is 22.7 Å². The number of nitrogens with zero attached hydrogens (tertiary/aromatic N) is 7. The molecule has 48 heavy (non-hydrogen) atoms. The minimum atomic E-state index is -4.70. The van der Waals surface area contributed by atoms with Gasteiger partial charge < -0.3 is 15.4 Å². The summed E-state index contributed by atoms with van der Waals surface area (Å²) in [5.41, 5.74) is 1.26. The maximum absolute atomic E-state index is 13.8. The number of benzene rings is 1. The Bertz CT molecular complexity index is 1850. The Kier molecular flexibility index (Phi) is 9.66. The first-order valence-corrected chi connectivity index (χ1v) is 15.4. The fourth-order valence-corrected chi connectivity index (χ4v) is 5.76. The second kappa shape index (κ2) is 14.2. The van der Waals surface area contributed by atoms with Crippen molar-refractivity contribution in [3.63, 3.8) is 0 Å². The van der Waals surface area contributed by atoms with Crippen LogP contribution in [0.25, 0.3) is 22.6 Å². The highest BCUT2D eigenvalue weighted by Crippen LogP contribution is 2.38. The molecular formula is C32H30ClF3N10O2. The number of nitrogens with one attached hydrogen (secondary N) is 3. The van der Waals surface area contributed by atoms with Crippen LogP contribution in [0, 0.1) is 0 Å². The number of amides is 2. The zero-order chi connectivity index (χ0) is 33.7. The van der Waals surface area contributed by atoms with Crippen molar-refractivity contribution in [1.29, 1.82) is 0 Å². The molecule has 1 fully saturated rings. The lowest BCUT2D eigenvalue weighted by atomic mass is 9.90. The lowest BCUT2D eigenvalue weighted by Gasteiger charge is -2.37. The second-order valence-electron chi connectivity index (χ2n) is 11.1. The number of pyridine rings is 1. The number of hydrogen-bond acceptors (Lipinski definition) is 9. The number of aromatic amines is 1. The molecule has 0 bridgehead atoms. The van der Waals surface area contributed by atoms with Crippen molar-refractivity contribution in [2.45, 2.75) is 50.5 Å². The summed E-state index contributed by atoms with van der Waals surface area (Å²) < 4.78 is 46.3. The van der Waals surface area contributed by atoms with Gasteiger partial charge in [0.2, 0.25) is 5.95 Å². The molecule has 0 aliphatic heterocycles. The van der Waals surface area contributed by atoms with Gasteiger partial charge in [-0.2, -0.15) is 18.3 Å². The molecule has 12 nitrogen and oxygen atoms in total. The molecule has 1 saturated carbocycles. The van der Waals surface area contributed by atoms with Crippen LogP contribution in [0.5, 0.6) is 6.01 Å². The van der Waals surface area contributed by atoms with Crippen LogP contribution in [0.4, 0.5) is 29.6 Å². The van der Waals surface area contributed by atoms with Crippen LogP contribution < -0.4 is 20.3 Å². The largest absolute Gasteiger partial charge is 0.467 e. The number of halogens is 4. The van der Waals surface area contributed by atoms with Crippen LogP contribution in [0.15, 0.2) is 73.4 Å². The fourth-order valence-electron chi connectivity index (χ4n) is 5.58. The molecule has 1 aliphatic carbocycles. The minimum Gasteiger partial charge on any atom is -0.467 e. The molecule has 0 spiro atoms.